The van der Waals surface area contributed by atoms with Crippen LogP contribution in [0.1, 0.15) is 6.42 Å². The van der Waals surface area contributed by atoms with Gasteiger partial charge in [0.25, 0.3) is 0 Å². The molecule has 1 unspecified atom stereocenters. The summed E-state index contributed by atoms with van der Waals surface area (Å²) < 4.78 is 23.0. The van der Waals surface area contributed by atoms with Gasteiger partial charge in [-0.25, -0.2) is 4.21 Å². The van der Waals surface area contributed by atoms with Gasteiger partial charge in [0.05, 0.1) is 18.0 Å². The van der Waals surface area contributed by atoms with E-state index in [-0.39, 0.29) is 13.0 Å². The minimum absolute atomic E-state index is 0.0559. The molecule has 0 aromatic carbocycles. The van der Waals surface area contributed by atoms with Crippen LogP contribution in [0, 0.1) is 0 Å². The quantitative estimate of drug-likeness (QED) is 0.294. The third-order valence-electron chi connectivity index (χ3n) is 0.415. The highest BCUT2D eigenvalue weighted by Gasteiger charge is 1.82. The monoisotopic (exact) mass is 137 g/mol. The van der Waals surface area contributed by atoms with E-state index in [0.29, 0.717) is 6.29 Å². The molecule has 48 valence electrons. The molecule has 0 bridgehead atoms. The van der Waals surface area contributed by atoms with Gasteiger partial charge in [-0.05, 0) is 0 Å². The summed E-state index contributed by atoms with van der Waals surface area (Å²) in [4.78, 5) is 9.51. The summed E-state index contributed by atoms with van der Waals surface area (Å²) in [6, 6.07) is 0. The Kier molecular flexibility index (Phi) is 4.73. The van der Waals surface area contributed by atoms with E-state index in [1.807, 2.05) is 0 Å². The molecule has 1 atom stereocenters. The highest BCUT2D eigenvalue weighted by atomic mass is 32.2. The number of carbonyl (C=O) groups excluding carboxylic acids is 1. The molecule has 0 fully saturated rings. The average Bonchev–Trinajstić information content (AvgIpc) is 1.66. The fraction of sp³-hybridized carbons (Fsp3) is 0.667. The van der Waals surface area contributed by atoms with Crippen LogP contribution in [-0.2, 0) is 20.3 Å². The van der Waals surface area contributed by atoms with Crippen molar-refractivity contribution < 1.29 is 17.7 Å². The van der Waals surface area contributed by atoms with Crippen LogP contribution in [0.5, 0.6) is 0 Å². The number of hydrogen-bond acceptors (Lipinski definition) is 4. The summed E-state index contributed by atoms with van der Waals surface area (Å²) in [6.07, 6.45) is 0.709. The Morgan fingerprint density at radius 3 is 2.75 bits per heavy atom. The number of carbonyl (C=O) groups is 1. The molecule has 8 heavy (non-hydrogen) atoms. The van der Waals surface area contributed by atoms with Crippen molar-refractivity contribution in [3.8, 4) is 0 Å². The fourth-order valence-electron chi connectivity index (χ4n) is 0.164. The molecule has 0 spiro atoms. The Labute approximate surface area is 49.3 Å². The number of hydrogen-bond donors (Lipinski definition) is 0. The van der Waals surface area contributed by atoms with Crippen LogP contribution in [0.25, 0.3) is 0 Å². The van der Waals surface area contributed by atoms with Crippen LogP contribution in [0.4, 0.5) is 0 Å². The van der Waals surface area contributed by atoms with Crippen molar-refractivity contribution in [3.63, 3.8) is 0 Å². The van der Waals surface area contributed by atoms with E-state index in [2.05, 4.69) is 4.18 Å². The summed E-state index contributed by atoms with van der Waals surface area (Å²) in [7, 11) is 0. The number of aldehydes is 1. The van der Waals surface area contributed by atoms with Gasteiger partial charge in [0.15, 0.2) is 0 Å². The van der Waals surface area contributed by atoms with Crippen LogP contribution >= 0.6 is 0 Å². The molecule has 0 aromatic rings. The predicted molar refractivity (Wildman–Crippen MR) is 25.6 cm³/mol. The maximum absolute atomic E-state index is 9.54. The molecule has 0 saturated carbocycles. The van der Waals surface area contributed by atoms with Gasteiger partial charge in [0, 0.05) is 6.42 Å². The van der Waals surface area contributed by atoms with E-state index in [9.17, 15) is 13.6 Å². The molecule has 0 aliphatic carbocycles. The summed E-state index contributed by atoms with van der Waals surface area (Å²) in [6.45, 7) is -0.0559. The maximum Gasteiger partial charge on any atom is 0.122 e. The zero-order chi connectivity index (χ0) is 6.41. The fourth-order valence-corrected chi connectivity index (χ4v) is 0.397. The molecule has 0 aliphatic rings. The van der Waals surface area contributed by atoms with Crippen LogP contribution in [0.3, 0.4) is 0 Å². The van der Waals surface area contributed by atoms with Crippen molar-refractivity contribution in [2.45, 2.75) is 6.42 Å². The first-order valence-electron chi connectivity index (χ1n) is 1.93. The van der Waals surface area contributed by atoms with E-state index in [1.54, 1.807) is 0 Å². The highest BCUT2D eigenvalue weighted by molar-refractivity contribution is 7.74. The van der Waals surface area contributed by atoms with Crippen LogP contribution in [0.15, 0.2) is 0 Å². The highest BCUT2D eigenvalue weighted by Crippen LogP contribution is 1.79. The van der Waals surface area contributed by atoms with Gasteiger partial charge < -0.3 is 13.5 Å². The molecule has 0 rings (SSSR count). The zero-order valence-electron chi connectivity index (χ0n) is 4.03. The predicted octanol–water partition coefficient (Wildman–Crippen LogP) is -0.614. The molecular weight excluding hydrogens is 132 g/mol. The molecule has 0 heterocycles. The first-order chi connectivity index (χ1) is 3.77. The summed E-state index contributed by atoms with van der Waals surface area (Å²) in [5, 5.41) is 0. The molecule has 0 saturated heterocycles. The van der Waals surface area contributed by atoms with E-state index in [1.165, 1.54) is 0 Å². The Hall–Kier alpha value is -0.260. The van der Waals surface area contributed by atoms with E-state index >= 15 is 0 Å². The smallest absolute Gasteiger partial charge is 0.122 e. The minimum atomic E-state index is -2.48. The third kappa shape index (κ3) is 5.74. The van der Waals surface area contributed by atoms with Crippen molar-refractivity contribution in [2.24, 2.45) is 0 Å². The molecule has 0 aliphatic heterocycles. The van der Waals surface area contributed by atoms with Gasteiger partial charge in [-0.1, -0.05) is 0 Å². The maximum atomic E-state index is 9.54. The normalized spacial score (nSPS) is 13.1. The van der Waals surface area contributed by atoms with Crippen LogP contribution < -0.4 is 0 Å². The van der Waals surface area contributed by atoms with Crippen molar-refractivity contribution >= 4 is 17.6 Å². The zero-order valence-corrected chi connectivity index (χ0v) is 4.85. The van der Waals surface area contributed by atoms with Crippen molar-refractivity contribution in [3.05, 3.63) is 0 Å². The van der Waals surface area contributed by atoms with Crippen LogP contribution in [-0.4, -0.2) is 21.7 Å². The van der Waals surface area contributed by atoms with Crippen molar-refractivity contribution in [1.29, 1.82) is 0 Å². The lowest BCUT2D eigenvalue weighted by atomic mass is 10.5. The Balaban J connectivity index is 2.93. The molecule has 4 nitrogen and oxygen atoms in total. The summed E-state index contributed by atoms with van der Waals surface area (Å²) >= 11 is -2.48. The van der Waals surface area contributed by atoms with Gasteiger partial charge in [0.2, 0.25) is 0 Å². The largest absolute Gasteiger partial charge is 0.750 e. The van der Waals surface area contributed by atoms with Gasteiger partial charge in [-0.2, -0.15) is 0 Å². The standard InChI is InChI=1S/C3H6O4S/c4-2-1-3-7-8(5)6/h2H,1,3H2,(H,5,6)/p-1. The lowest BCUT2D eigenvalue weighted by Crippen LogP contribution is -1.97. The molecule has 0 aromatic heterocycles. The SMILES string of the molecule is O=CCCOS(=O)[O-]. The molecular formula is C3H5O4S-. The first kappa shape index (κ1) is 7.74. The second kappa shape index (κ2) is 4.89. The second-order valence-corrected chi connectivity index (χ2v) is 1.63. The van der Waals surface area contributed by atoms with E-state index in [4.69, 9.17) is 0 Å². The Morgan fingerprint density at radius 2 is 2.38 bits per heavy atom. The third-order valence-corrected chi connectivity index (χ3v) is 0.774. The Bertz CT molecular complexity index is 91.3. The summed E-state index contributed by atoms with van der Waals surface area (Å²) in [5.41, 5.74) is 0. The lowest BCUT2D eigenvalue weighted by molar-refractivity contribution is -0.108. The summed E-state index contributed by atoms with van der Waals surface area (Å²) in [5.74, 6) is 0. The molecule has 0 N–H and O–H groups in total. The van der Waals surface area contributed by atoms with Gasteiger partial charge in [-0.15, -0.1) is 0 Å². The van der Waals surface area contributed by atoms with Gasteiger partial charge >= 0.3 is 0 Å². The Morgan fingerprint density at radius 1 is 1.75 bits per heavy atom. The molecule has 5 heteroatoms. The van der Waals surface area contributed by atoms with Gasteiger partial charge in [-0.3, -0.25) is 0 Å². The minimum Gasteiger partial charge on any atom is -0.750 e. The molecule has 0 amide bonds. The first-order valence-corrected chi connectivity index (χ1v) is 2.93. The van der Waals surface area contributed by atoms with E-state index in [0.717, 1.165) is 0 Å². The second-order valence-electron chi connectivity index (χ2n) is 0.981. The van der Waals surface area contributed by atoms with Gasteiger partial charge in [0.1, 0.15) is 6.29 Å². The topological polar surface area (TPSA) is 66.4 Å². The van der Waals surface area contributed by atoms with Crippen molar-refractivity contribution in [2.75, 3.05) is 6.61 Å². The lowest BCUT2D eigenvalue weighted by Gasteiger charge is -2.00. The number of rotatable bonds is 4. The van der Waals surface area contributed by atoms with E-state index < -0.39 is 11.4 Å². The van der Waals surface area contributed by atoms with Crippen LogP contribution in [0.2, 0.25) is 0 Å². The van der Waals surface area contributed by atoms with Crippen molar-refractivity contribution in [1.82, 2.24) is 0 Å². The average molecular weight is 137 g/mol. The molecule has 0 radical (unpaired) electrons.